The Morgan fingerprint density at radius 1 is 1.23 bits per heavy atom. The van der Waals surface area contributed by atoms with Crippen LogP contribution in [0.2, 0.25) is 0 Å². The van der Waals surface area contributed by atoms with E-state index in [1.54, 1.807) is 20.8 Å². The standard InChI is InChI=1S/C11H15FO/c1-7-5-9(11(3,4)13)6-10(12)8(7)2/h5-6,13H,1-4H3. The van der Waals surface area contributed by atoms with E-state index >= 15 is 0 Å². The number of aryl methyl sites for hydroxylation is 1. The van der Waals surface area contributed by atoms with Gasteiger partial charge >= 0.3 is 0 Å². The van der Waals surface area contributed by atoms with Crippen LogP contribution in [0.3, 0.4) is 0 Å². The van der Waals surface area contributed by atoms with Gasteiger partial charge in [0.25, 0.3) is 0 Å². The Morgan fingerprint density at radius 3 is 2.15 bits per heavy atom. The van der Waals surface area contributed by atoms with Crippen LogP contribution >= 0.6 is 0 Å². The lowest BCUT2D eigenvalue weighted by Crippen LogP contribution is -2.16. The summed E-state index contributed by atoms with van der Waals surface area (Å²) in [5.41, 5.74) is 1.16. The first-order valence-electron chi connectivity index (χ1n) is 4.32. The molecular formula is C11H15FO. The van der Waals surface area contributed by atoms with Crippen LogP contribution in [0.1, 0.15) is 30.5 Å². The Balaban J connectivity index is 3.29. The molecule has 0 saturated carbocycles. The third-order valence-electron chi connectivity index (χ3n) is 2.31. The predicted octanol–water partition coefficient (Wildman–Crippen LogP) is 2.67. The van der Waals surface area contributed by atoms with E-state index < -0.39 is 5.60 Å². The van der Waals surface area contributed by atoms with E-state index in [4.69, 9.17) is 0 Å². The fourth-order valence-electron chi connectivity index (χ4n) is 1.17. The normalized spacial score (nSPS) is 11.8. The minimum atomic E-state index is -0.973. The average molecular weight is 182 g/mol. The van der Waals surface area contributed by atoms with Gasteiger partial charge in [0.2, 0.25) is 0 Å². The summed E-state index contributed by atoms with van der Waals surface area (Å²) in [6.07, 6.45) is 0. The quantitative estimate of drug-likeness (QED) is 0.708. The molecule has 13 heavy (non-hydrogen) atoms. The number of benzene rings is 1. The lowest BCUT2D eigenvalue weighted by atomic mass is 9.94. The van der Waals surface area contributed by atoms with Gasteiger partial charge in [0.05, 0.1) is 5.60 Å². The van der Waals surface area contributed by atoms with E-state index in [2.05, 4.69) is 0 Å². The first kappa shape index (κ1) is 10.2. The Labute approximate surface area is 78.2 Å². The molecule has 0 unspecified atom stereocenters. The summed E-state index contributed by atoms with van der Waals surface area (Å²) in [5.74, 6) is -0.253. The van der Waals surface area contributed by atoms with Crippen LogP contribution in [-0.2, 0) is 5.60 Å². The number of hydrogen-bond acceptors (Lipinski definition) is 1. The zero-order valence-corrected chi connectivity index (χ0v) is 8.48. The van der Waals surface area contributed by atoms with Crippen molar-refractivity contribution in [1.29, 1.82) is 0 Å². The highest BCUT2D eigenvalue weighted by atomic mass is 19.1. The largest absolute Gasteiger partial charge is 0.386 e. The van der Waals surface area contributed by atoms with Crippen LogP contribution < -0.4 is 0 Å². The van der Waals surface area contributed by atoms with Crippen LogP contribution in [0.15, 0.2) is 12.1 Å². The molecule has 0 aromatic heterocycles. The number of rotatable bonds is 1. The van der Waals surface area contributed by atoms with Crippen molar-refractivity contribution in [2.45, 2.75) is 33.3 Å². The molecule has 1 rings (SSSR count). The van der Waals surface area contributed by atoms with Gasteiger partial charge in [-0.05, 0) is 50.5 Å². The molecule has 0 heterocycles. The summed E-state index contributed by atoms with van der Waals surface area (Å²) in [6, 6.07) is 3.21. The highest BCUT2D eigenvalue weighted by Gasteiger charge is 2.17. The summed E-state index contributed by atoms with van der Waals surface area (Å²) in [4.78, 5) is 0. The first-order chi connectivity index (χ1) is 5.82. The van der Waals surface area contributed by atoms with Gasteiger partial charge in [-0.15, -0.1) is 0 Å². The fraction of sp³-hybridized carbons (Fsp3) is 0.455. The van der Waals surface area contributed by atoms with Crippen molar-refractivity contribution in [3.63, 3.8) is 0 Å². The van der Waals surface area contributed by atoms with E-state index in [0.29, 0.717) is 11.1 Å². The topological polar surface area (TPSA) is 20.2 Å². The Bertz CT molecular complexity index is 300. The second-order valence-electron chi connectivity index (χ2n) is 3.96. The molecule has 1 aromatic carbocycles. The predicted molar refractivity (Wildman–Crippen MR) is 51.1 cm³/mol. The van der Waals surface area contributed by atoms with E-state index in [-0.39, 0.29) is 5.82 Å². The molecule has 0 bridgehead atoms. The third-order valence-corrected chi connectivity index (χ3v) is 2.31. The van der Waals surface area contributed by atoms with Gasteiger partial charge in [-0.2, -0.15) is 0 Å². The maximum Gasteiger partial charge on any atom is 0.126 e. The Hall–Kier alpha value is -0.890. The first-order valence-corrected chi connectivity index (χ1v) is 4.32. The zero-order valence-electron chi connectivity index (χ0n) is 8.48. The summed E-state index contributed by atoms with van der Waals surface area (Å²) >= 11 is 0. The van der Waals surface area contributed by atoms with Gasteiger partial charge < -0.3 is 5.11 Å². The van der Waals surface area contributed by atoms with Crippen molar-refractivity contribution in [2.75, 3.05) is 0 Å². The summed E-state index contributed by atoms with van der Waals surface area (Å²) in [6.45, 7) is 6.87. The molecule has 0 aliphatic heterocycles. The lowest BCUT2D eigenvalue weighted by molar-refractivity contribution is 0.0781. The molecule has 1 N–H and O–H groups in total. The molecular weight excluding hydrogens is 167 g/mol. The molecule has 0 atom stereocenters. The lowest BCUT2D eigenvalue weighted by Gasteiger charge is -2.19. The molecule has 1 aromatic rings. The molecule has 0 amide bonds. The van der Waals surface area contributed by atoms with Crippen LogP contribution in [0.4, 0.5) is 4.39 Å². The molecule has 0 radical (unpaired) electrons. The van der Waals surface area contributed by atoms with Crippen LogP contribution in [0, 0.1) is 19.7 Å². The summed E-state index contributed by atoms with van der Waals surface area (Å²) in [5, 5.41) is 9.66. The number of halogens is 1. The molecule has 1 nitrogen and oxygen atoms in total. The number of hydrogen-bond donors (Lipinski definition) is 1. The highest BCUT2D eigenvalue weighted by Crippen LogP contribution is 2.23. The van der Waals surface area contributed by atoms with E-state index in [1.165, 1.54) is 6.07 Å². The van der Waals surface area contributed by atoms with Crippen molar-refractivity contribution in [1.82, 2.24) is 0 Å². The maximum absolute atomic E-state index is 13.3. The second-order valence-corrected chi connectivity index (χ2v) is 3.96. The van der Waals surface area contributed by atoms with Crippen molar-refractivity contribution < 1.29 is 9.50 Å². The van der Waals surface area contributed by atoms with Crippen molar-refractivity contribution in [3.05, 3.63) is 34.6 Å². The summed E-state index contributed by atoms with van der Waals surface area (Å²) in [7, 11) is 0. The molecule has 2 heteroatoms. The molecule has 0 aliphatic carbocycles. The van der Waals surface area contributed by atoms with E-state index in [1.807, 2.05) is 13.0 Å². The van der Waals surface area contributed by atoms with Gasteiger partial charge in [0.15, 0.2) is 0 Å². The molecule has 0 fully saturated rings. The van der Waals surface area contributed by atoms with Crippen molar-refractivity contribution in [2.24, 2.45) is 0 Å². The average Bonchev–Trinajstić information content (AvgIpc) is 1.97. The summed E-state index contributed by atoms with van der Waals surface area (Å²) < 4.78 is 13.3. The molecule has 0 saturated heterocycles. The third kappa shape index (κ3) is 2.07. The van der Waals surface area contributed by atoms with Gasteiger partial charge in [-0.1, -0.05) is 6.07 Å². The minimum Gasteiger partial charge on any atom is -0.386 e. The van der Waals surface area contributed by atoms with E-state index in [0.717, 1.165) is 5.56 Å². The van der Waals surface area contributed by atoms with Crippen LogP contribution in [0.5, 0.6) is 0 Å². The molecule has 72 valence electrons. The SMILES string of the molecule is Cc1cc(C(C)(C)O)cc(F)c1C. The van der Waals surface area contributed by atoms with E-state index in [9.17, 15) is 9.50 Å². The highest BCUT2D eigenvalue weighted by molar-refractivity contribution is 5.33. The monoisotopic (exact) mass is 182 g/mol. The number of aliphatic hydroxyl groups is 1. The van der Waals surface area contributed by atoms with Gasteiger partial charge in [-0.3, -0.25) is 0 Å². The maximum atomic E-state index is 13.3. The van der Waals surface area contributed by atoms with Crippen LogP contribution in [0.25, 0.3) is 0 Å². The van der Waals surface area contributed by atoms with Gasteiger partial charge in [0.1, 0.15) is 5.82 Å². The zero-order chi connectivity index (χ0) is 10.2. The molecule has 0 spiro atoms. The Kier molecular flexibility index (Phi) is 2.44. The molecule has 0 aliphatic rings. The fourth-order valence-corrected chi connectivity index (χ4v) is 1.17. The van der Waals surface area contributed by atoms with Gasteiger partial charge in [-0.25, -0.2) is 4.39 Å². The minimum absolute atomic E-state index is 0.253. The smallest absolute Gasteiger partial charge is 0.126 e. The Morgan fingerprint density at radius 2 is 1.77 bits per heavy atom. The van der Waals surface area contributed by atoms with Gasteiger partial charge in [0, 0.05) is 0 Å². The van der Waals surface area contributed by atoms with Crippen molar-refractivity contribution >= 4 is 0 Å². The second kappa shape index (κ2) is 3.11. The van der Waals surface area contributed by atoms with Crippen LogP contribution in [-0.4, -0.2) is 5.11 Å². The van der Waals surface area contributed by atoms with Crippen molar-refractivity contribution in [3.8, 4) is 0 Å².